The summed E-state index contributed by atoms with van der Waals surface area (Å²) in [7, 11) is -1.89. The molecule has 3 N–H and O–H groups in total. The summed E-state index contributed by atoms with van der Waals surface area (Å²) in [6, 6.07) is 21.3. The average molecular weight is 592 g/mol. The van der Waals surface area contributed by atoms with Crippen LogP contribution in [0.15, 0.2) is 77.7 Å². The molecular formula is C31H34ClN5O3S. The molecule has 41 heavy (non-hydrogen) atoms. The number of halogens is 1. The number of piperidine rings is 1. The third-order valence-corrected chi connectivity index (χ3v) is 8.97. The summed E-state index contributed by atoms with van der Waals surface area (Å²) in [5.41, 5.74) is 9.67. The molecule has 0 aliphatic carbocycles. The van der Waals surface area contributed by atoms with Crippen molar-refractivity contribution in [3.05, 3.63) is 88.9 Å². The Morgan fingerprint density at radius 2 is 1.76 bits per heavy atom. The van der Waals surface area contributed by atoms with Gasteiger partial charge >= 0.3 is 0 Å². The van der Waals surface area contributed by atoms with Crippen LogP contribution < -0.4 is 15.2 Å². The lowest BCUT2D eigenvalue weighted by atomic mass is 9.89. The van der Waals surface area contributed by atoms with Crippen molar-refractivity contribution in [2.45, 2.75) is 43.4 Å². The van der Waals surface area contributed by atoms with Gasteiger partial charge in [-0.15, -0.1) is 0 Å². The smallest absolute Gasteiger partial charge is 0.264 e. The van der Waals surface area contributed by atoms with E-state index in [1.807, 2.05) is 36.4 Å². The van der Waals surface area contributed by atoms with Crippen LogP contribution in [0.5, 0.6) is 11.6 Å². The number of nitrogens with two attached hydrogens (primary N) is 1. The average Bonchev–Trinajstić information content (AvgIpc) is 2.94. The van der Waals surface area contributed by atoms with Crippen LogP contribution in [0.2, 0.25) is 5.02 Å². The predicted molar refractivity (Wildman–Crippen MR) is 164 cm³/mol. The number of sulfonamides is 1. The zero-order valence-electron chi connectivity index (χ0n) is 23.3. The van der Waals surface area contributed by atoms with Gasteiger partial charge in [0.1, 0.15) is 5.75 Å². The van der Waals surface area contributed by atoms with Gasteiger partial charge in [0.05, 0.1) is 10.6 Å². The zero-order valence-corrected chi connectivity index (χ0v) is 24.9. The summed E-state index contributed by atoms with van der Waals surface area (Å²) in [6.07, 6.45) is 2.03. The molecule has 1 aromatic heterocycles. The van der Waals surface area contributed by atoms with Crippen molar-refractivity contribution < 1.29 is 13.2 Å². The largest absolute Gasteiger partial charge is 0.439 e. The molecule has 0 spiro atoms. The van der Waals surface area contributed by atoms with Gasteiger partial charge in [-0.2, -0.15) is 4.98 Å². The quantitative estimate of drug-likeness (QED) is 0.214. The lowest BCUT2D eigenvalue weighted by Gasteiger charge is -2.29. The van der Waals surface area contributed by atoms with E-state index in [1.165, 1.54) is 12.1 Å². The molecule has 5 rings (SSSR count). The first-order valence-electron chi connectivity index (χ1n) is 13.6. The molecule has 4 aromatic rings. The van der Waals surface area contributed by atoms with Crippen LogP contribution in [-0.2, 0) is 10.0 Å². The van der Waals surface area contributed by atoms with E-state index >= 15 is 0 Å². The summed E-state index contributed by atoms with van der Waals surface area (Å²) in [5, 5.41) is 0.705. The molecule has 0 amide bonds. The van der Waals surface area contributed by atoms with E-state index < -0.39 is 10.0 Å². The number of anilines is 2. The molecule has 2 heterocycles. The highest BCUT2D eigenvalue weighted by atomic mass is 35.5. The Bertz CT molecular complexity index is 1650. The van der Waals surface area contributed by atoms with Crippen molar-refractivity contribution in [2.75, 3.05) is 30.6 Å². The zero-order chi connectivity index (χ0) is 29.1. The fraction of sp³-hybridized carbons (Fsp3) is 0.290. The molecule has 3 aromatic carbocycles. The molecule has 0 atom stereocenters. The second kappa shape index (κ2) is 12.1. The molecule has 0 radical (unpaired) electrons. The van der Waals surface area contributed by atoms with Gasteiger partial charge < -0.3 is 15.4 Å². The number of nitrogens with one attached hydrogen (secondary N) is 1. The monoisotopic (exact) mass is 591 g/mol. The predicted octanol–water partition coefficient (Wildman–Crippen LogP) is 6.90. The third-order valence-electron chi connectivity index (χ3n) is 7.30. The van der Waals surface area contributed by atoms with Crippen LogP contribution >= 0.6 is 11.6 Å². The van der Waals surface area contributed by atoms with Gasteiger partial charge in [0.15, 0.2) is 0 Å². The number of likely N-dealkylation sites (tertiary alicyclic amines) is 1. The Labute approximate surface area is 246 Å². The van der Waals surface area contributed by atoms with Gasteiger partial charge in [0.2, 0.25) is 11.8 Å². The minimum Gasteiger partial charge on any atom is -0.439 e. The number of aromatic nitrogens is 2. The highest BCUT2D eigenvalue weighted by Crippen LogP contribution is 2.37. The maximum Gasteiger partial charge on any atom is 0.264 e. The third kappa shape index (κ3) is 6.81. The molecule has 1 aliphatic heterocycles. The summed E-state index contributed by atoms with van der Waals surface area (Å²) in [5.74, 6) is 1.21. The number of ether oxygens (including phenoxy) is 1. The Morgan fingerprint density at radius 3 is 2.49 bits per heavy atom. The molecule has 8 nitrogen and oxygen atoms in total. The molecule has 0 bridgehead atoms. The van der Waals surface area contributed by atoms with Gasteiger partial charge in [0, 0.05) is 22.3 Å². The number of hydrogen-bond donors (Lipinski definition) is 2. The lowest BCUT2D eigenvalue weighted by Crippen LogP contribution is -2.29. The Morgan fingerprint density at radius 1 is 1.00 bits per heavy atom. The number of benzene rings is 3. The van der Waals surface area contributed by atoms with Crippen molar-refractivity contribution in [1.82, 2.24) is 14.9 Å². The molecule has 1 aliphatic rings. The van der Waals surface area contributed by atoms with Gasteiger partial charge in [-0.3, -0.25) is 0 Å². The standard InChI is InChI=1S/C31H34ClN5O3S/c1-20(2)25-9-4-5-10-26(25)29-19-30(35-31(34-29)36-41(38,39)24-8-6-7-22(33)17-24)40-23-11-12-28(32)27(18-23)21-13-15-37(3)16-14-21/h4-12,17-21H,13-16,33H2,1-3H3,(H,34,35,36). The summed E-state index contributed by atoms with van der Waals surface area (Å²) in [6.45, 7) is 6.21. The second-order valence-corrected chi connectivity index (χ2v) is 12.8. The van der Waals surface area contributed by atoms with Gasteiger partial charge in [0.25, 0.3) is 10.0 Å². The van der Waals surface area contributed by atoms with Crippen molar-refractivity contribution >= 4 is 33.3 Å². The van der Waals surface area contributed by atoms with Gasteiger partial charge in [-0.1, -0.05) is 55.8 Å². The molecule has 0 unspecified atom stereocenters. The van der Waals surface area contributed by atoms with Crippen molar-refractivity contribution in [2.24, 2.45) is 0 Å². The molecule has 0 saturated carbocycles. The summed E-state index contributed by atoms with van der Waals surface area (Å²) < 4.78 is 35.2. The van der Waals surface area contributed by atoms with E-state index in [9.17, 15) is 8.42 Å². The topological polar surface area (TPSA) is 110 Å². The van der Waals surface area contributed by atoms with Crippen LogP contribution in [0, 0.1) is 0 Å². The molecule has 10 heteroatoms. The second-order valence-electron chi connectivity index (χ2n) is 10.7. The highest BCUT2D eigenvalue weighted by Gasteiger charge is 2.22. The summed E-state index contributed by atoms with van der Waals surface area (Å²) in [4.78, 5) is 11.4. The Hall–Kier alpha value is -3.66. The maximum absolute atomic E-state index is 13.2. The molecule has 214 valence electrons. The lowest BCUT2D eigenvalue weighted by molar-refractivity contribution is 0.255. The first-order valence-corrected chi connectivity index (χ1v) is 15.5. The fourth-order valence-electron chi connectivity index (χ4n) is 5.09. The van der Waals surface area contributed by atoms with E-state index in [4.69, 9.17) is 22.1 Å². The van der Waals surface area contributed by atoms with E-state index in [1.54, 1.807) is 24.3 Å². The van der Waals surface area contributed by atoms with Crippen LogP contribution in [0.1, 0.15) is 49.7 Å². The van der Waals surface area contributed by atoms with E-state index in [0.29, 0.717) is 28.1 Å². The number of rotatable bonds is 8. The van der Waals surface area contributed by atoms with Crippen molar-refractivity contribution in [3.8, 4) is 22.9 Å². The SMILES string of the molecule is CC(C)c1ccccc1-c1cc(Oc2ccc(Cl)c(C3CCN(C)CC3)c2)nc(NS(=O)(=O)c2cccc(N)c2)n1. The minimum absolute atomic E-state index is 0.0111. The number of nitrogen functional groups attached to an aromatic ring is 1. The minimum atomic E-state index is -4.01. The van der Waals surface area contributed by atoms with Gasteiger partial charge in [-0.25, -0.2) is 18.1 Å². The fourth-order valence-corrected chi connectivity index (χ4v) is 6.36. The van der Waals surface area contributed by atoms with Crippen molar-refractivity contribution in [1.29, 1.82) is 0 Å². The highest BCUT2D eigenvalue weighted by molar-refractivity contribution is 7.92. The Balaban J connectivity index is 1.54. The van der Waals surface area contributed by atoms with E-state index in [-0.39, 0.29) is 22.6 Å². The van der Waals surface area contributed by atoms with Crippen LogP contribution in [0.3, 0.4) is 0 Å². The van der Waals surface area contributed by atoms with Crippen LogP contribution in [0.25, 0.3) is 11.3 Å². The van der Waals surface area contributed by atoms with E-state index in [0.717, 1.165) is 42.6 Å². The number of nitrogens with zero attached hydrogens (tertiary/aromatic N) is 3. The van der Waals surface area contributed by atoms with Crippen molar-refractivity contribution in [3.63, 3.8) is 0 Å². The molecular weight excluding hydrogens is 558 g/mol. The normalized spacial score (nSPS) is 14.8. The van der Waals surface area contributed by atoms with Crippen LogP contribution in [0.4, 0.5) is 11.6 Å². The van der Waals surface area contributed by atoms with Gasteiger partial charge in [-0.05, 0) is 92.3 Å². The van der Waals surface area contributed by atoms with Crippen LogP contribution in [-0.4, -0.2) is 43.4 Å². The first kappa shape index (κ1) is 28.9. The maximum atomic E-state index is 13.2. The summed E-state index contributed by atoms with van der Waals surface area (Å²) >= 11 is 6.61. The van der Waals surface area contributed by atoms with E-state index in [2.05, 4.69) is 40.5 Å². The molecule has 1 saturated heterocycles. The Kier molecular flexibility index (Phi) is 8.49. The number of hydrogen-bond acceptors (Lipinski definition) is 7. The first-order chi connectivity index (χ1) is 19.6. The molecule has 1 fully saturated rings.